The summed E-state index contributed by atoms with van der Waals surface area (Å²) in [5, 5.41) is 0. The number of rotatable bonds is 4. The summed E-state index contributed by atoms with van der Waals surface area (Å²) in [7, 11) is -1.60. The first-order valence-electron chi connectivity index (χ1n) is 12.2. The Kier molecular flexibility index (Phi) is 5.40. The summed E-state index contributed by atoms with van der Waals surface area (Å²) in [6, 6.07) is -0.364. The molecule has 174 valence electrons. The van der Waals surface area contributed by atoms with Crippen LogP contribution in [0.4, 0.5) is 0 Å². The highest BCUT2D eigenvalue weighted by Crippen LogP contribution is 2.60. The zero-order chi connectivity index (χ0) is 22.0. The predicted octanol–water partition coefficient (Wildman–Crippen LogP) is 2.08. The maximum Gasteiger partial charge on any atom is 0.245 e. The molecule has 4 aliphatic carbocycles. The molecule has 1 atom stereocenters. The lowest BCUT2D eigenvalue weighted by Gasteiger charge is -2.56. The molecule has 4 saturated carbocycles. The average molecular weight is 452 g/mol. The molecule has 0 radical (unpaired) electrons. The molecule has 4 bridgehead atoms. The molecule has 2 aliphatic heterocycles. The van der Waals surface area contributed by atoms with Gasteiger partial charge in [-0.2, -0.15) is 0 Å². The van der Waals surface area contributed by atoms with Crippen molar-refractivity contribution in [3.05, 3.63) is 0 Å². The lowest BCUT2D eigenvalue weighted by atomic mass is 9.49. The van der Waals surface area contributed by atoms with Gasteiger partial charge in [-0.3, -0.25) is 9.59 Å². The number of nitrogens with zero attached hydrogens (tertiary/aromatic N) is 3. The zero-order valence-electron chi connectivity index (χ0n) is 19.0. The summed E-state index contributed by atoms with van der Waals surface area (Å²) < 4.78 is 25.1. The Labute approximate surface area is 186 Å². The van der Waals surface area contributed by atoms with Crippen molar-refractivity contribution in [3.8, 4) is 0 Å². The van der Waals surface area contributed by atoms with Crippen LogP contribution in [0.5, 0.6) is 0 Å². The van der Waals surface area contributed by atoms with E-state index in [1.54, 1.807) is 7.05 Å². The standard InChI is InChI=1S/C23H37N3O4S/c1-24(31(2,29)30)19-5-8-25(9-6-19)21(27)20-4-3-7-26(20)22(28)23-13-16-10-17(14-23)12-18(11-16)15-23/h16-20H,3-15H2,1-2H3. The van der Waals surface area contributed by atoms with E-state index in [1.165, 1.54) is 29.8 Å². The summed E-state index contributed by atoms with van der Waals surface area (Å²) in [6.07, 6.45) is 11.3. The number of amides is 2. The molecule has 7 nitrogen and oxygen atoms in total. The number of hydrogen-bond acceptors (Lipinski definition) is 4. The molecule has 31 heavy (non-hydrogen) atoms. The quantitative estimate of drug-likeness (QED) is 0.656. The second kappa shape index (κ2) is 7.72. The van der Waals surface area contributed by atoms with Crippen LogP contribution in [0.1, 0.15) is 64.2 Å². The van der Waals surface area contributed by atoms with Crippen LogP contribution < -0.4 is 0 Å². The second-order valence-corrected chi connectivity index (χ2v) is 13.2. The Hall–Kier alpha value is -1.15. The maximum atomic E-state index is 13.8. The van der Waals surface area contributed by atoms with Gasteiger partial charge in [0.05, 0.1) is 11.7 Å². The normalized spacial score (nSPS) is 38.3. The van der Waals surface area contributed by atoms with Crippen molar-refractivity contribution in [1.29, 1.82) is 0 Å². The monoisotopic (exact) mass is 451 g/mol. The van der Waals surface area contributed by atoms with Crippen molar-refractivity contribution in [2.45, 2.75) is 76.3 Å². The molecule has 0 spiro atoms. The van der Waals surface area contributed by atoms with E-state index in [0.717, 1.165) is 49.9 Å². The summed E-state index contributed by atoms with van der Waals surface area (Å²) >= 11 is 0. The van der Waals surface area contributed by atoms with Crippen molar-refractivity contribution in [3.63, 3.8) is 0 Å². The predicted molar refractivity (Wildman–Crippen MR) is 118 cm³/mol. The van der Waals surface area contributed by atoms with Crippen LogP contribution in [0.25, 0.3) is 0 Å². The van der Waals surface area contributed by atoms with Crippen LogP contribution in [-0.4, -0.2) is 79.4 Å². The van der Waals surface area contributed by atoms with Crippen LogP contribution in [-0.2, 0) is 19.6 Å². The van der Waals surface area contributed by atoms with E-state index in [0.29, 0.717) is 32.5 Å². The van der Waals surface area contributed by atoms with Gasteiger partial charge in [0.25, 0.3) is 0 Å². The van der Waals surface area contributed by atoms with Gasteiger partial charge in [-0.15, -0.1) is 0 Å². The highest BCUT2D eigenvalue weighted by molar-refractivity contribution is 7.88. The number of likely N-dealkylation sites (tertiary alicyclic amines) is 2. The molecule has 2 saturated heterocycles. The molecular weight excluding hydrogens is 414 g/mol. The van der Waals surface area contributed by atoms with Gasteiger partial charge in [-0.1, -0.05) is 0 Å². The van der Waals surface area contributed by atoms with Crippen LogP contribution >= 0.6 is 0 Å². The molecular formula is C23H37N3O4S. The minimum Gasteiger partial charge on any atom is -0.341 e. The SMILES string of the molecule is CN(C1CCN(C(=O)C2CCCN2C(=O)C23CC4CC(CC(C4)C2)C3)CC1)S(C)(=O)=O. The minimum absolute atomic E-state index is 0.0487. The second-order valence-electron chi connectivity index (χ2n) is 11.2. The van der Waals surface area contributed by atoms with Crippen LogP contribution in [0.15, 0.2) is 0 Å². The van der Waals surface area contributed by atoms with E-state index in [1.807, 2.05) is 9.80 Å². The Morgan fingerprint density at radius 3 is 1.97 bits per heavy atom. The molecule has 0 N–H and O–H groups in total. The van der Waals surface area contributed by atoms with E-state index in [2.05, 4.69) is 0 Å². The van der Waals surface area contributed by atoms with E-state index >= 15 is 0 Å². The topological polar surface area (TPSA) is 78.0 Å². The largest absolute Gasteiger partial charge is 0.341 e. The minimum atomic E-state index is -3.22. The Morgan fingerprint density at radius 1 is 0.903 bits per heavy atom. The van der Waals surface area contributed by atoms with Gasteiger partial charge >= 0.3 is 0 Å². The van der Waals surface area contributed by atoms with E-state index < -0.39 is 10.0 Å². The Morgan fingerprint density at radius 2 is 1.45 bits per heavy atom. The van der Waals surface area contributed by atoms with Crippen molar-refractivity contribution >= 4 is 21.8 Å². The Balaban J connectivity index is 1.25. The molecule has 0 aromatic heterocycles. The molecule has 0 aromatic carbocycles. The lowest BCUT2D eigenvalue weighted by molar-refractivity contribution is -0.162. The summed E-state index contributed by atoms with van der Waals surface area (Å²) in [5.74, 6) is 2.51. The van der Waals surface area contributed by atoms with Gasteiger partial charge in [-0.05, 0) is 82.0 Å². The van der Waals surface area contributed by atoms with Crippen LogP contribution in [0.2, 0.25) is 0 Å². The van der Waals surface area contributed by atoms with Crippen molar-refractivity contribution in [2.24, 2.45) is 23.2 Å². The van der Waals surface area contributed by atoms with Gasteiger partial charge in [0.1, 0.15) is 6.04 Å². The third-order valence-electron chi connectivity index (χ3n) is 9.10. The summed E-state index contributed by atoms with van der Waals surface area (Å²) in [6.45, 7) is 1.85. The molecule has 2 heterocycles. The molecule has 6 rings (SSSR count). The van der Waals surface area contributed by atoms with Crippen LogP contribution in [0.3, 0.4) is 0 Å². The molecule has 2 amide bonds. The third-order valence-corrected chi connectivity index (χ3v) is 10.4. The van der Waals surface area contributed by atoms with Crippen molar-refractivity contribution in [2.75, 3.05) is 32.9 Å². The third kappa shape index (κ3) is 3.81. The Bertz CT molecular complexity index is 814. The van der Waals surface area contributed by atoms with E-state index in [9.17, 15) is 18.0 Å². The van der Waals surface area contributed by atoms with Crippen LogP contribution in [0, 0.1) is 23.2 Å². The summed E-state index contributed by atoms with van der Waals surface area (Å²) in [5.41, 5.74) is -0.192. The number of hydrogen-bond donors (Lipinski definition) is 0. The zero-order valence-corrected chi connectivity index (χ0v) is 19.8. The van der Waals surface area contributed by atoms with Crippen molar-refractivity contribution in [1.82, 2.24) is 14.1 Å². The number of carbonyl (C=O) groups is 2. The van der Waals surface area contributed by atoms with Gasteiger partial charge in [-0.25, -0.2) is 12.7 Å². The smallest absolute Gasteiger partial charge is 0.245 e. The number of carbonyl (C=O) groups excluding carboxylic acids is 2. The summed E-state index contributed by atoms with van der Waals surface area (Å²) in [4.78, 5) is 31.1. The first kappa shape index (κ1) is 21.7. The van der Waals surface area contributed by atoms with E-state index in [4.69, 9.17) is 0 Å². The molecule has 6 fully saturated rings. The fourth-order valence-corrected chi connectivity index (χ4v) is 8.63. The first-order chi connectivity index (χ1) is 14.7. The highest BCUT2D eigenvalue weighted by atomic mass is 32.2. The fourth-order valence-electron chi connectivity index (χ4n) is 7.88. The first-order valence-corrected chi connectivity index (χ1v) is 14.0. The van der Waals surface area contributed by atoms with Crippen molar-refractivity contribution < 1.29 is 18.0 Å². The van der Waals surface area contributed by atoms with Gasteiger partial charge in [0, 0.05) is 32.7 Å². The average Bonchev–Trinajstić information content (AvgIpc) is 3.20. The molecule has 1 unspecified atom stereocenters. The van der Waals surface area contributed by atoms with Gasteiger partial charge in [0.15, 0.2) is 0 Å². The molecule has 8 heteroatoms. The molecule has 6 aliphatic rings. The van der Waals surface area contributed by atoms with Gasteiger partial charge in [0.2, 0.25) is 21.8 Å². The highest BCUT2D eigenvalue weighted by Gasteiger charge is 2.57. The molecule has 0 aromatic rings. The maximum absolute atomic E-state index is 13.8. The lowest BCUT2D eigenvalue weighted by Crippen LogP contribution is -2.58. The fraction of sp³-hybridized carbons (Fsp3) is 0.913. The van der Waals surface area contributed by atoms with E-state index in [-0.39, 0.29) is 29.3 Å². The number of piperidine rings is 1. The number of sulfonamides is 1. The van der Waals surface area contributed by atoms with Gasteiger partial charge < -0.3 is 9.80 Å².